The molecule has 4 aromatic rings. The third-order valence-electron chi connectivity index (χ3n) is 5.75. The molecule has 0 spiro atoms. The lowest BCUT2D eigenvalue weighted by Gasteiger charge is -2.17. The molecule has 0 fully saturated rings. The third kappa shape index (κ3) is 5.60. The summed E-state index contributed by atoms with van der Waals surface area (Å²) in [6.45, 7) is 12.1. The van der Waals surface area contributed by atoms with Gasteiger partial charge in [-0.3, -0.25) is 4.79 Å². The Morgan fingerprint density at radius 1 is 1.12 bits per heavy atom. The van der Waals surface area contributed by atoms with E-state index in [4.69, 9.17) is 0 Å². The van der Waals surface area contributed by atoms with Crippen LogP contribution >= 0.6 is 11.3 Å². The summed E-state index contributed by atoms with van der Waals surface area (Å²) in [6, 6.07) is 9.62. The van der Waals surface area contributed by atoms with Gasteiger partial charge in [0.2, 0.25) is 5.95 Å². The molecule has 3 N–H and O–H groups in total. The summed E-state index contributed by atoms with van der Waals surface area (Å²) >= 11 is 1.66. The first-order valence-electron chi connectivity index (χ1n) is 11.6. The molecule has 4 rings (SSSR count). The number of thiazole rings is 1. The Bertz CT molecular complexity index is 1280. The molecule has 0 saturated carbocycles. The van der Waals surface area contributed by atoms with Crippen LogP contribution in [0.25, 0.3) is 22.3 Å². The van der Waals surface area contributed by atoms with Gasteiger partial charge in [-0.2, -0.15) is 0 Å². The van der Waals surface area contributed by atoms with Crippen molar-refractivity contribution in [1.82, 2.24) is 30.2 Å². The molecule has 0 aliphatic heterocycles. The summed E-state index contributed by atoms with van der Waals surface area (Å²) in [5.74, 6) is 0.416. The Morgan fingerprint density at radius 2 is 1.94 bits per heavy atom. The number of aryl methyl sites for hydroxylation is 2. The van der Waals surface area contributed by atoms with E-state index in [2.05, 4.69) is 49.3 Å². The summed E-state index contributed by atoms with van der Waals surface area (Å²) in [7, 11) is 0. The molecule has 34 heavy (non-hydrogen) atoms. The van der Waals surface area contributed by atoms with Crippen molar-refractivity contribution in [2.45, 2.75) is 34.1 Å². The molecule has 1 amide bonds. The lowest BCUT2D eigenvalue weighted by Crippen LogP contribution is -2.30. The maximum Gasteiger partial charge on any atom is 0.267 e. The molecule has 3 aromatic heterocycles. The predicted molar refractivity (Wildman–Crippen MR) is 139 cm³/mol. The van der Waals surface area contributed by atoms with Crippen LogP contribution < -0.4 is 10.6 Å². The van der Waals surface area contributed by atoms with Crippen molar-refractivity contribution in [2.24, 2.45) is 0 Å². The second-order valence-corrected chi connectivity index (χ2v) is 9.56. The molecular formula is C25H31N7OS. The fraction of sp³-hybridized carbons (Fsp3) is 0.360. The zero-order valence-corrected chi connectivity index (χ0v) is 20.9. The number of H-pyrrole nitrogens is 1. The van der Waals surface area contributed by atoms with Gasteiger partial charge in [0, 0.05) is 34.2 Å². The van der Waals surface area contributed by atoms with Crippen LogP contribution in [0.3, 0.4) is 0 Å². The van der Waals surface area contributed by atoms with E-state index in [1.165, 1.54) is 0 Å². The number of fused-ring (bicyclic) bond motifs is 1. The van der Waals surface area contributed by atoms with Gasteiger partial charge in [0.25, 0.3) is 5.91 Å². The van der Waals surface area contributed by atoms with Crippen molar-refractivity contribution in [3.05, 3.63) is 52.1 Å². The van der Waals surface area contributed by atoms with Crippen molar-refractivity contribution in [2.75, 3.05) is 31.5 Å². The van der Waals surface area contributed by atoms with Gasteiger partial charge in [0.1, 0.15) is 11.4 Å². The number of hydrogen-bond acceptors (Lipinski definition) is 7. The zero-order valence-electron chi connectivity index (χ0n) is 20.1. The topological polar surface area (TPSA) is 98.8 Å². The first-order valence-corrected chi connectivity index (χ1v) is 12.5. The van der Waals surface area contributed by atoms with Gasteiger partial charge in [-0.1, -0.05) is 13.8 Å². The van der Waals surface area contributed by atoms with Crippen LogP contribution in [0.5, 0.6) is 0 Å². The van der Waals surface area contributed by atoms with Crippen molar-refractivity contribution >= 4 is 39.8 Å². The number of aromatic nitrogens is 4. The molecule has 0 atom stereocenters. The second kappa shape index (κ2) is 10.8. The number of carbonyl (C=O) groups is 1. The molecular weight excluding hydrogens is 446 g/mol. The number of nitrogens with zero attached hydrogens (tertiary/aromatic N) is 4. The summed E-state index contributed by atoms with van der Waals surface area (Å²) < 4.78 is 0. The lowest BCUT2D eigenvalue weighted by molar-refractivity contribution is 0.0947. The molecule has 0 radical (unpaired) electrons. The highest BCUT2D eigenvalue weighted by atomic mass is 32.1. The number of nitrogens with one attached hydrogen (secondary N) is 3. The highest BCUT2D eigenvalue weighted by molar-refractivity contribution is 7.11. The van der Waals surface area contributed by atoms with Crippen LogP contribution in [-0.4, -0.2) is 56.9 Å². The van der Waals surface area contributed by atoms with Crippen LogP contribution in [0.1, 0.15) is 40.6 Å². The van der Waals surface area contributed by atoms with Gasteiger partial charge >= 0.3 is 0 Å². The van der Waals surface area contributed by atoms with Crippen LogP contribution in [0.4, 0.5) is 11.6 Å². The van der Waals surface area contributed by atoms with Crippen LogP contribution in [0.2, 0.25) is 0 Å². The molecule has 178 valence electrons. The van der Waals surface area contributed by atoms with E-state index in [9.17, 15) is 4.79 Å². The molecule has 0 saturated heterocycles. The van der Waals surface area contributed by atoms with Crippen LogP contribution in [0, 0.1) is 13.8 Å². The summed E-state index contributed by atoms with van der Waals surface area (Å²) in [4.78, 5) is 32.9. The minimum Gasteiger partial charge on any atom is -0.351 e. The van der Waals surface area contributed by atoms with Gasteiger partial charge in [0.15, 0.2) is 0 Å². The van der Waals surface area contributed by atoms with E-state index in [0.29, 0.717) is 18.2 Å². The number of benzene rings is 1. The smallest absolute Gasteiger partial charge is 0.267 e. The van der Waals surface area contributed by atoms with Gasteiger partial charge in [-0.15, -0.1) is 11.3 Å². The first-order chi connectivity index (χ1) is 16.5. The van der Waals surface area contributed by atoms with Gasteiger partial charge in [-0.05, 0) is 70.2 Å². The number of rotatable bonds is 10. The van der Waals surface area contributed by atoms with E-state index in [0.717, 1.165) is 63.9 Å². The molecule has 9 heteroatoms. The first kappa shape index (κ1) is 23.8. The molecule has 1 aromatic carbocycles. The van der Waals surface area contributed by atoms with Crippen LogP contribution in [-0.2, 0) is 0 Å². The lowest BCUT2D eigenvalue weighted by atomic mass is 10.2. The Morgan fingerprint density at radius 3 is 2.68 bits per heavy atom. The normalized spacial score (nSPS) is 11.3. The van der Waals surface area contributed by atoms with Gasteiger partial charge in [-0.25, -0.2) is 15.0 Å². The molecule has 3 heterocycles. The number of carbonyl (C=O) groups excluding carboxylic acids is 1. The number of amides is 1. The van der Waals surface area contributed by atoms with Gasteiger partial charge < -0.3 is 20.5 Å². The maximum atomic E-state index is 12.6. The van der Waals surface area contributed by atoms with Crippen molar-refractivity contribution in [1.29, 1.82) is 0 Å². The molecule has 0 unspecified atom stereocenters. The van der Waals surface area contributed by atoms with E-state index in [1.807, 2.05) is 44.2 Å². The van der Waals surface area contributed by atoms with E-state index in [1.54, 1.807) is 17.5 Å². The summed E-state index contributed by atoms with van der Waals surface area (Å²) in [6.07, 6.45) is 2.66. The van der Waals surface area contributed by atoms with E-state index in [-0.39, 0.29) is 5.91 Å². The minimum atomic E-state index is -0.0878. The maximum absolute atomic E-state index is 12.6. The summed E-state index contributed by atoms with van der Waals surface area (Å²) in [5.41, 5.74) is 3.99. The Hall–Kier alpha value is -3.30. The molecule has 8 nitrogen and oxygen atoms in total. The highest BCUT2D eigenvalue weighted by Gasteiger charge is 2.12. The largest absolute Gasteiger partial charge is 0.351 e. The van der Waals surface area contributed by atoms with Gasteiger partial charge in [0.05, 0.1) is 10.7 Å². The summed E-state index contributed by atoms with van der Waals surface area (Å²) in [5, 5.41) is 8.24. The van der Waals surface area contributed by atoms with Crippen LogP contribution in [0.15, 0.2) is 36.5 Å². The number of hydrogen-bond donors (Lipinski definition) is 3. The fourth-order valence-electron chi connectivity index (χ4n) is 3.92. The quantitative estimate of drug-likeness (QED) is 0.281. The minimum absolute atomic E-state index is 0.0878. The number of anilines is 2. The number of aromatic amines is 1. The molecule has 0 aliphatic rings. The zero-order chi connectivity index (χ0) is 24.1. The Labute approximate surface area is 203 Å². The van der Waals surface area contributed by atoms with Crippen molar-refractivity contribution < 1.29 is 4.79 Å². The Kier molecular flexibility index (Phi) is 7.54. The highest BCUT2D eigenvalue weighted by Crippen LogP contribution is 2.27. The third-order valence-corrected chi connectivity index (χ3v) is 6.64. The average Bonchev–Trinajstić information content (AvgIpc) is 3.41. The Balaban J connectivity index is 1.42. The molecule has 0 bridgehead atoms. The SMILES string of the molecule is CCN(CC)CCCNC(=O)c1cc2cc(Nc3nccc(-c4nc(C)sc4C)n3)ccc2[nH]1. The van der Waals surface area contributed by atoms with Crippen molar-refractivity contribution in [3.63, 3.8) is 0 Å². The molecule has 0 aliphatic carbocycles. The monoisotopic (exact) mass is 477 g/mol. The van der Waals surface area contributed by atoms with Crippen molar-refractivity contribution in [3.8, 4) is 11.4 Å². The fourth-order valence-corrected chi connectivity index (χ4v) is 4.75. The van der Waals surface area contributed by atoms with E-state index >= 15 is 0 Å². The second-order valence-electron chi connectivity index (χ2n) is 8.15. The predicted octanol–water partition coefficient (Wildman–Crippen LogP) is 4.90. The standard InChI is InChI=1S/C25H31N7OS/c1-5-32(6-2)13-7-11-26-24(33)22-15-18-14-19(8-9-20(18)30-22)29-25-27-12-10-21(31-25)23-16(3)34-17(4)28-23/h8-10,12,14-15,30H,5-7,11,13H2,1-4H3,(H,26,33)(H,27,29,31). The average molecular weight is 478 g/mol. The van der Waals surface area contributed by atoms with E-state index < -0.39 is 0 Å².